The number of ketones is 1. The Morgan fingerprint density at radius 2 is 1.75 bits per heavy atom. The number of amides is 2. The predicted octanol–water partition coefficient (Wildman–Crippen LogP) is -0.200. The summed E-state index contributed by atoms with van der Waals surface area (Å²) in [6.45, 7) is 1.91. The van der Waals surface area contributed by atoms with E-state index in [9.17, 15) is 14.4 Å². The molecule has 2 saturated heterocycles. The molecule has 2 aliphatic heterocycles. The molecule has 0 aromatic carbocycles. The second kappa shape index (κ2) is 4.63. The summed E-state index contributed by atoms with van der Waals surface area (Å²) in [4.78, 5) is 37.5. The molecule has 0 aromatic rings. The molecule has 5 heteroatoms. The molecule has 0 unspecified atom stereocenters. The van der Waals surface area contributed by atoms with Crippen molar-refractivity contribution in [1.29, 1.82) is 0 Å². The Morgan fingerprint density at radius 3 is 2.31 bits per heavy atom. The van der Waals surface area contributed by atoms with Crippen LogP contribution in [0.15, 0.2) is 0 Å². The van der Waals surface area contributed by atoms with Gasteiger partial charge in [0, 0.05) is 38.9 Å². The van der Waals surface area contributed by atoms with E-state index in [1.807, 2.05) is 0 Å². The number of carbonyl (C=O) groups is 3. The molecule has 16 heavy (non-hydrogen) atoms. The van der Waals surface area contributed by atoms with Gasteiger partial charge in [-0.3, -0.25) is 14.4 Å². The molecule has 2 amide bonds. The van der Waals surface area contributed by atoms with Gasteiger partial charge in [-0.2, -0.15) is 0 Å². The van der Waals surface area contributed by atoms with Gasteiger partial charge in [0.2, 0.25) is 11.8 Å². The van der Waals surface area contributed by atoms with Gasteiger partial charge in [0.25, 0.3) is 0 Å². The highest BCUT2D eigenvalue weighted by Crippen LogP contribution is 2.11. The van der Waals surface area contributed by atoms with Crippen molar-refractivity contribution in [2.24, 2.45) is 0 Å². The molecule has 2 rings (SSSR count). The third kappa shape index (κ3) is 2.40. The topological polar surface area (TPSA) is 57.7 Å². The zero-order valence-corrected chi connectivity index (χ0v) is 9.28. The molecule has 0 N–H and O–H groups in total. The first-order valence-electron chi connectivity index (χ1n) is 5.74. The average Bonchev–Trinajstić information content (AvgIpc) is 2.65. The van der Waals surface area contributed by atoms with Crippen LogP contribution < -0.4 is 0 Å². The molecule has 2 fully saturated rings. The minimum absolute atomic E-state index is 0.0252. The molecule has 0 aromatic heterocycles. The lowest BCUT2D eigenvalue weighted by atomic mass is 10.1. The highest BCUT2D eigenvalue weighted by molar-refractivity contribution is 5.87. The van der Waals surface area contributed by atoms with Crippen LogP contribution in [0.3, 0.4) is 0 Å². The van der Waals surface area contributed by atoms with E-state index < -0.39 is 0 Å². The summed E-state index contributed by atoms with van der Waals surface area (Å²) >= 11 is 0. The fourth-order valence-corrected chi connectivity index (χ4v) is 2.14. The summed E-state index contributed by atoms with van der Waals surface area (Å²) in [6, 6.07) is 0. The van der Waals surface area contributed by atoms with Crippen molar-refractivity contribution >= 4 is 17.6 Å². The number of hydrogen-bond donors (Lipinski definition) is 0. The zero-order chi connectivity index (χ0) is 11.5. The second-order valence-corrected chi connectivity index (χ2v) is 4.34. The first-order valence-corrected chi connectivity index (χ1v) is 5.74. The Morgan fingerprint density at radius 1 is 1.06 bits per heavy atom. The molecule has 0 spiro atoms. The molecule has 0 bridgehead atoms. The summed E-state index contributed by atoms with van der Waals surface area (Å²) < 4.78 is 0. The van der Waals surface area contributed by atoms with Gasteiger partial charge in [0.1, 0.15) is 5.78 Å². The first kappa shape index (κ1) is 11.1. The van der Waals surface area contributed by atoms with Crippen molar-refractivity contribution in [2.45, 2.75) is 25.7 Å². The molecule has 88 valence electrons. The molecule has 0 atom stereocenters. The van der Waals surface area contributed by atoms with Gasteiger partial charge < -0.3 is 9.80 Å². The van der Waals surface area contributed by atoms with Crippen LogP contribution in [0, 0.1) is 0 Å². The van der Waals surface area contributed by atoms with Gasteiger partial charge in [-0.25, -0.2) is 0 Å². The molecular formula is C11H16N2O3. The molecule has 2 aliphatic rings. The molecule has 2 heterocycles. The monoisotopic (exact) mass is 224 g/mol. The fourth-order valence-electron chi connectivity index (χ4n) is 2.14. The van der Waals surface area contributed by atoms with E-state index in [1.165, 1.54) is 0 Å². The van der Waals surface area contributed by atoms with Gasteiger partial charge in [0.05, 0.1) is 6.54 Å². The number of hydrogen-bond acceptors (Lipinski definition) is 3. The Bertz CT molecular complexity index is 317. The number of likely N-dealkylation sites (tertiary alicyclic amines) is 2. The molecule has 0 saturated carbocycles. The summed E-state index contributed by atoms with van der Waals surface area (Å²) in [5, 5.41) is 0. The van der Waals surface area contributed by atoms with Gasteiger partial charge in [-0.05, 0) is 6.42 Å². The van der Waals surface area contributed by atoms with E-state index in [1.54, 1.807) is 9.80 Å². The number of rotatable bonds is 2. The predicted molar refractivity (Wildman–Crippen MR) is 56.6 cm³/mol. The standard InChI is InChI=1S/C11H16N2O3/c14-9-3-6-12(7-4-9)11(16)8-13-5-1-2-10(13)15/h1-8H2. The van der Waals surface area contributed by atoms with Crippen molar-refractivity contribution in [1.82, 2.24) is 9.80 Å². The minimum Gasteiger partial charge on any atom is -0.340 e. The second-order valence-electron chi connectivity index (χ2n) is 4.34. The van der Waals surface area contributed by atoms with E-state index in [0.717, 1.165) is 6.42 Å². The molecule has 5 nitrogen and oxygen atoms in total. The number of Topliss-reactive ketones (excluding diaryl/α,β-unsaturated/α-hetero) is 1. The average molecular weight is 224 g/mol. The minimum atomic E-state index is -0.0252. The summed E-state index contributed by atoms with van der Waals surface area (Å²) in [5.74, 6) is 0.269. The Hall–Kier alpha value is -1.39. The van der Waals surface area contributed by atoms with E-state index in [0.29, 0.717) is 38.9 Å². The first-order chi connectivity index (χ1) is 7.66. The third-order valence-electron chi connectivity index (χ3n) is 3.17. The summed E-state index contributed by atoms with van der Waals surface area (Å²) in [6.07, 6.45) is 2.33. The van der Waals surface area contributed by atoms with Crippen LogP contribution in [-0.4, -0.2) is 53.6 Å². The van der Waals surface area contributed by atoms with Crippen molar-refractivity contribution in [2.75, 3.05) is 26.2 Å². The van der Waals surface area contributed by atoms with Crippen LogP contribution in [0.4, 0.5) is 0 Å². The van der Waals surface area contributed by atoms with Crippen LogP contribution in [0.25, 0.3) is 0 Å². The van der Waals surface area contributed by atoms with E-state index in [-0.39, 0.29) is 24.1 Å². The smallest absolute Gasteiger partial charge is 0.242 e. The van der Waals surface area contributed by atoms with Crippen molar-refractivity contribution in [3.8, 4) is 0 Å². The van der Waals surface area contributed by atoms with Crippen molar-refractivity contribution in [3.05, 3.63) is 0 Å². The van der Waals surface area contributed by atoms with Crippen LogP contribution in [0.5, 0.6) is 0 Å². The normalized spacial score (nSPS) is 21.8. The van der Waals surface area contributed by atoms with Crippen LogP contribution in [0.1, 0.15) is 25.7 Å². The van der Waals surface area contributed by atoms with Crippen molar-refractivity contribution in [3.63, 3.8) is 0 Å². The van der Waals surface area contributed by atoms with Crippen LogP contribution in [-0.2, 0) is 14.4 Å². The number of piperidine rings is 1. The van der Waals surface area contributed by atoms with E-state index >= 15 is 0 Å². The molecular weight excluding hydrogens is 208 g/mol. The summed E-state index contributed by atoms with van der Waals surface area (Å²) in [5.41, 5.74) is 0. The highest BCUT2D eigenvalue weighted by Gasteiger charge is 2.26. The molecule has 0 aliphatic carbocycles. The van der Waals surface area contributed by atoms with E-state index in [4.69, 9.17) is 0 Å². The van der Waals surface area contributed by atoms with Gasteiger partial charge >= 0.3 is 0 Å². The fraction of sp³-hybridized carbons (Fsp3) is 0.727. The lowest BCUT2D eigenvalue weighted by Crippen LogP contribution is -2.44. The Balaban J connectivity index is 1.83. The Kier molecular flexibility index (Phi) is 3.22. The third-order valence-corrected chi connectivity index (χ3v) is 3.17. The number of carbonyl (C=O) groups excluding carboxylic acids is 3. The highest BCUT2D eigenvalue weighted by atomic mass is 16.2. The number of nitrogens with zero attached hydrogens (tertiary/aromatic N) is 2. The van der Waals surface area contributed by atoms with Gasteiger partial charge in [-0.15, -0.1) is 0 Å². The van der Waals surface area contributed by atoms with Gasteiger partial charge in [-0.1, -0.05) is 0 Å². The van der Waals surface area contributed by atoms with Crippen LogP contribution >= 0.6 is 0 Å². The lowest BCUT2D eigenvalue weighted by molar-refractivity contribution is -0.140. The van der Waals surface area contributed by atoms with Crippen LogP contribution in [0.2, 0.25) is 0 Å². The SMILES string of the molecule is O=C1CCN(C(=O)CN2CCCC2=O)CC1. The summed E-state index contributed by atoms with van der Waals surface area (Å²) in [7, 11) is 0. The Labute approximate surface area is 94.4 Å². The maximum Gasteiger partial charge on any atom is 0.242 e. The van der Waals surface area contributed by atoms with E-state index in [2.05, 4.69) is 0 Å². The maximum atomic E-state index is 11.8. The van der Waals surface area contributed by atoms with Gasteiger partial charge in [0.15, 0.2) is 0 Å². The maximum absolute atomic E-state index is 11.8. The quantitative estimate of drug-likeness (QED) is 0.652. The largest absolute Gasteiger partial charge is 0.340 e. The molecule has 0 radical (unpaired) electrons. The lowest BCUT2D eigenvalue weighted by Gasteiger charge is -2.28. The zero-order valence-electron chi connectivity index (χ0n) is 9.28. The van der Waals surface area contributed by atoms with Crippen molar-refractivity contribution < 1.29 is 14.4 Å².